The van der Waals surface area contributed by atoms with Crippen LogP contribution >= 0.6 is 0 Å². The Hall–Kier alpha value is -2.11. The van der Waals surface area contributed by atoms with E-state index >= 15 is 0 Å². The summed E-state index contributed by atoms with van der Waals surface area (Å²) in [6.45, 7) is 1.90. The second-order valence-electron chi connectivity index (χ2n) is 3.51. The molecule has 84 valence electrons. The van der Waals surface area contributed by atoms with Crippen LogP contribution in [0.5, 0.6) is 0 Å². The van der Waals surface area contributed by atoms with E-state index in [9.17, 15) is 4.79 Å². The van der Waals surface area contributed by atoms with Crippen LogP contribution in [0.2, 0.25) is 0 Å². The lowest BCUT2D eigenvalue weighted by atomic mass is 10.2. The molecule has 1 amide bonds. The molecule has 0 saturated heterocycles. The number of aromatic amines is 1. The van der Waals surface area contributed by atoms with Crippen molar-refractivity contribution in [3.05, 3.63) is 36.0 Å². The number of carbonyl (C=O) groups excluding carboxylic acids is 1. The molecule has 0 aliphatic carbocycles. The minimum Gasteiger partial charge on any atom is -0.469 e. The van der Waals surface area contributed by atoms with E-state index in [1.165, 1.54) is 6.20 Å². The Morgan fingerprint density at radius 3 is 3.19 bits per heavy atom. The lowest BCUT2D eigenvalue weighted by molar-refractivity contribution is 0.0934. The van der Waals surface area contributed by atoms with Crippen LogP contribution in [0.25, 0.3) is 0 Å². The summed E-state index contributed by atoms with van der Waals surface area (Å²) in [5, 5.41) is 12.5. The van der Waals surface area contributed by atoms with Crippen molar-refractivity contribution >= 4 is 5.91 Å². The third-order valence-corrected chi connectivity index (χ3v) is 2.11. The highest BCUT2D eigenvalue weighted by Crippen LogP contribution is 2.04. The summed E-state index contributed by atoms with van der Waals surface area (Å²) in [6.07, 6.45) is 3.65. The van der Waals surface area contributed by atoms with Gasteiger partial charge in [0.05, 0.1) is 12.5 Å². The molecule has 6 nitrogen and oxygen atoms in total. The zero-order valence-electron chi connectivity index (χ0n) is 8.80. The molecule has 2 aromatic heterocycles. The van der Waals surface area contributed by atoms with Gasteiger partial charge in [0, 0.05) is 12.5 Å². The first kappa shape index (κ1) is 10.4. The maximum absolute atomic E-state index is 11.6. The number of nitrogens with zero attached hydrogens (tertiary/aromatic N) is 2. The van der Waals surface area contributed by atoms with Gasteiger partial charge in [-0.25, -0.2) is 0 Å². The summed E-state index contributed by atoms with van der Waals surface area (Å²) >= 11 is 0. The number of amides is 1. The maximum Gasteiger partial charge on any atom is 0.273 e. The molecule has 2 N–H and O–H groups in total. The SMILES string of the molecule is CC(Cc1ccco1)NC(=O)c1cn[nH]n1. The molecule has 0 fully saturated rings. The molecule has 0 spiro atoms. The van der Waals surface area contributed by atoms with Gasteiger partial charge in [-0.05, 0) is 19.1 Å². The average Bonchev–Trinajstić information content (AvgIpc) is 2.88. The molecule has 1 atom stereocenters. The highest BCUT2D eigenvalue weighted by Gasteiger charge is 2.13. The zero-order valence-corrected chi connectivity index (χ0v) is 8.80. The van der Waals surface area contributed by atoms with Gasteiger partial charge < -0.3 is 9.73 Å². The molecule has 6 heteroatoms. The number of aromatic nitrogens is 3. The first-order valence-corrected chi connectivity index (χ1v) is 4.94. The Morgan fingerprint density at radius 2 is 2.56 bits per heavy atom. The van der Waals surface area contributed by atoms with Crippen LogP contribution in [0.15, 0.2) is 29.0 Å². The molecule has 2 heterocycles. The van der Waals surface area contributed by atoms with Gasteiger partial charge in [-0.3, -0.25) is 4.79 Å². The van der Waals surface area contributed by atoms with Crippen molar-refractivity contribution in [3.63, 3.8) is 0 Å². The Bertz CT molecular complexity index is 435. The van der Waals surface area contributed by atoms with Crippen molar-refractivity contribution in [3.8, 4) is 0 Å². The Kier molecular flexibility index (Phi) is 3.00. The first-order valence-electron chi connectivity index (χ1n) is 4.94. The highest BCUT2D eigenvalue weighted by atomic mass is 16.3. The van der Waals surface area contributed by atoms with Gasteiger partial charge in [0.15, 0.2) is 5.69 Å². The summed E-state index contributed by atoms with van der Waals surface area (Å²) in [5.41, 5.74) is 0.284. The third-order valence-electron chi connectivity index (χ3n) is 2.11. The van der Waals surface area contributed by atoms with Crippen LogP contribution < -0.4 is 5.32 Å². The van der Waals surface area contributed by atoms with E-state index in [4.69, 9.17) is 4.42 Å². The fraction of sp³-hybridized carbons (Fsp3) is 0.300. The lowest BCUT2D eigenvalue weighted by Gasteiger charge is -2.10. The van der Waals surface area contributed by atoms with Crippen molar-refractivity contribution in [2.45, 2.75) is 19.4 Å². The van der Waals surface area contributed by atoms with E-state index in [-0.39, 0.29) is 17.6 Å². The summed E-state index contributed by atoms with van der Waals surface area (Å²) in [7, 11) is 0. The molecule has 1 unspecified atom stereocenters. The fourth-order valence-electron chi connectivity index (χ4n) is 1.39. The van der Waals surface area contributed by atoms with Crippen molar-refractivity contribution in [1.29, 1.82) is 0 Å². The number of carbonyl (C=O) groups is 1. The fourth-order valence-corrected chi connectivity index (χ4v) is 1.39. The van der Waals surface area contributed by atoms with Crippen LogP contribution in [0.3, 0.4) is 0 Å². The number of H-pyrrole nitrogens is 1. The number of hydrogen-bond acceptors (Lipinski definition) is 4. The van der Waals surface area contributed by atoms with Crippen LogP contribution in [0.4, 0.5) is 0 Å². The Balaban J connectivity index is 1.88. The van der Waals surface area contributed by atoms with Gasteiger partial charge in [-0.2, -0.15) is 15.4 Å². The highest BCUT2D eigenvalue weighted by molar-refractivity contribution is 5.91. The molecule has 0 aromatic carbocycles. The van der Waals surface area contributed by atoms with Gasteiger partial charge in [0.2, 0.25) is 0 Å². The number of hydrogen-bond donors (Lipinski definition) is 2. The molecule has 2 rings (SSSR count). The molecule has 0 aliphatic heterocycles. The van der Waals surface area contributed by atoms with Gasteiger partial charge in [0.25, 0.3) is 5.91 Å². The molecule has 0 bridgehead atoms. The van der Waals surface area contributed by atoms with Crippen LogP contribution in [-0.2, 0) is 6.42 Å². The lowest BCUT2D eigenvalue weighted by Crippen LogP contribution is -2.34. The van der Waals surface area contributed by atoms with Gasteiger partial charge in [-0.15, -0.1) is 0 Å². The monoisotopic (exact) mass is 220 g/mol. The standard InChI is InChI=1S/C10H12N4O2/c1-7(5-8-3-2-4-16-8)12-10(15)9-6-11-14-13-9/h2-4,6-7H,5H2,1H3,(H,12,15)(H,11,13,14). The predicted molar refractivity (Wildman–Crippen MR) is 55.7 cm³/mol. The van der Waals surface area contributed by atoms with E-state index in [0.29, 0.717) is 6.42 Å². The largest absolute Gasteiger partial charge is 0.469 e. The summed E-state index contributed by atoms with van der Waals surface area (Å²) in [6, 6.07) is 3.68. The summed E-state index contributed by atoms with van der Waals surface area (Å²) in [5.74, 6) is 0.598. The Morgan fingerprint density at radius 1 is 1.69 bits per heavy atom. The quantitative estimate of drug-likeness (QED) is 0.796. The van der Waals surface area contributed by atoms with E-state index in [1.54, 1.807) is 6.26 Å². The van der Waals surface area contributed by atoms with E-state index < -0.39 is 0 Å². The van der Waals surface area contributed by atoms with Gasteiger partial charge >= 0.3 is 0 Å². The van der Waals surface area contributed by atoms with Crippen molar-refractivity contribution in [2.24, 2.45) is 0 Å². The molecule has 0 aliphatic rings. The molecule has 2 aromatic rings. The topological polar surface area (TPSA) is 83.8 Å². The molecule has 0 radical (unpaired) electrons. The van der Waals surface area contributed by atoms with Crippen molar-refractivity contribution < 1.29 is 9.21 Å². The van der Waals surface area contributed by atoms with Crippen LogP contribution in [0.1, 0.15) is 23.2 Å². The second kappa shape index (κ2) is 4.61. The van der Waals surface area contributed by atoms with E-state index in [2.05, 4.69) is 20.7 Å². The smallest absolute Gasteiger partial charge is 0.273 e. The number of rotatable bonds is 4. The minimum atomic E-state index is -0.243. The van der Waals surface area contributed by atoms with Gasteiger partial charge in [0.1, 0.15) is 5.76 Å². The Labute approximate surface area is 92.0 Å². The number of furan rings is 1. The second-order valence-corrected chi connectivity index (χ2v) is 3.51. The van der Waals surface area contributed by atoms with Gasteiger partial charge in [-0.1, -0.05) is 0 Å². The maximum atomic E-state index is 11.6. The molecular formula is C10H12N4O2. The number of nitrogens with one attached hydrogen (secondary N) is 2. The van der Waals surface area contributed by atoms with Crippen LogP contribution in [-0.4, -0.2) is 27.4 Å². The minimum absolute atomic E-state index is 0.0182. The predicted octanol–water partition coefficient (Wildman–Crippen LogP) is 0.759. The van der Waals surface area contributed by atoms with E-state index in [0.717, 1.165) is 5.76 Å². The van der Waals surface area contributed by atoms with Crippen molar-refractivity contribution in [1.82, 2.24) is 20.7 Å². The normalized spacial score (nSPS) is 12.3. The molecule has 0 saturated carbocycles. The summed E-state index contributed by atoms with van der Waals surface area (Å²) < 4.78 is 5.19. The third kappa shape index (κ3) is 2.47. The zero-order chi connectivity index (χ0) is 11.4. The van der Waals surface area contributed by atoms with Crippen molar-refractivity contribution in [2.75, 3.05) is 0 Å². The van der Waals surface area contributed by atoms with Crippen LogP contribution in [0, 0.1) is 0 Å². The molecular weight excluding hydrogens is 208 g/mol. The average molecular weight is 220 g/mol. The van der Waals surface area contributed by atoms with E-state index in [1.807, 2.05) is 19.1 Å². The molecule has 16 heavy (non-hydrogen) atoms. The first-order chi connectivity index (χ1) is 7.75. The summed E-state index contributed by atoms with van der Waals surface area (Å²) in [4.78, 5) is 11.6.